The molecule has 0 bridgehead atoms. The van der Waals surface area contributed by atoms with Gasteiger partial charge in [0.15, 0.2) is 5.75 Å². The van der Waals surface area contributed by atoms with Crippen molar-refractivity contribution in [1.82, 2.24) is 0 Å². The molecule has 0 aliphatic heterocycles. The molecule has 7 rings (SSSR count). The summed E-state index contributed by atoms with van der Waals surface area (Å²) in [5, 5.41) is 62.0. The van der Waals surface area contributed by atoms with Gasteiger partial charge in [-0.15, -0.1) is 20.5 Å². The average molecular weight is 967 g/mol. The fraction of sp³-hybridized carbons (Fsp3) is 0. The summed E-state index contributed by atoms with van der Waals surface area (Å²) in [5.74, 6) is -2.69. The summed E-state index contributed by atoms with van der Waals surface area (Å²) in [7, 11) is -14.7. The van der Waals surface area contributed by atoms with E-state index in [0.717, 1.165) is 35.9 Å². The summed E-state index contributed by atoms with van der Waals surface area (Å²) in [6.07, 6.45) is 0. The zero-order valence-electron chi connectivity index (χ0n) is 33.5. The smallest absolute Gasteiger partial charge is 0.339 e. The summed E-state index contributed by atoms with van der Waals surface area (Å²) in [6.45, 7) is 0. The van der Waals surface area contributed by atoms with Crippen LogP contribution in [0.2, 0.25) is 0 Å². The number of carbonyl (C=O) groups is 1. The highest BCUT2D eigenvalue weighted by Crippen LogP contribution is 2.47. The van der Waals surface area contributed by atoms with Crippen molar-refractivity contribution < 1.29 is 59.0 Å². The molecule has 0 amide bonds. The van der Waals surface area contributed by atoms with E-state index in [2.05, 4.69) is 40.9 Å². The average Bonchev–Trinajstić information content (AvgIpc) is 3.27. The number of aromatic hydroxyl groups is 2. The predicted molar refractivity (Wildman–Crippen MR) is 240 cm³/mol. The molecule has 0 saturated carbocycles. The third-order valence-corrected chi connectivity index (χ3v) is 11.9. The fourth-order valence-electron chi connectivity index (χ4n) is 6.07. The van der Waals surface area contributed by atoms with E-state index in [9.17, 15) is 59.0 Å². The van der Waals surface area contributed by atoms with E-state index < -0.39 is 69.0 Å². The molecule has 0 atom stereocenters. The number of carboxylic acids is 1. The number of aromatic carboxylic acids is 1. The lowest BCUT2D eigenvalue weighted by Crippen LogP contribution is -2.01. The van der Waals surface area contributed by atoms with E-state index in [4.69, 9.17) is 11.5 Å². The number of hydrogen-bond acceptors (Lipinski definition) is 19. The van der Waals surface area contributed by atoms with Crippen LogP contribution in [0.25, 0.3) is 21.9 Å². The monoisotopic (exact) mass is 966 g/mol. The third kappa shape index (κ3) is 10.8. The Bertz CT molecular complexity index is 3610. The second kappa shape index (κ2) is 18.2. The highest BCUT2D eigenvalue weighted by Gasteiger charge is 2.26. The number of phenolic OH excluding ortho intramolecular Hbond substituents is 1. The number of phenols is 2. The highest BCUT2D eigenvalue weighted by atomic mass is 32.2. The van der Waals surface area contributed by atoms with Gasteiger partial charge in [0.05, 0.1) is 55.0 Å². The summed E-state index contributed by atoms with van der Waals surface area (Å²) >= 11 is 0. The molecule has 0 unspecified atom stereocenters. The Hall–Kier alpha value is -8.40. The van der Waals surface area contributed by atoms with Crippen molar-refractivity contribution in [3.05, 3.63) is 127 Å². The second-order valence-corrected chi connectivity index (χ2v) is 18.1. The van der Waals surface area contributed by atoms with E-state index in [1.165, 1.54) is 54.6 Å². The number of carboxylic acid groups (broad SMARTS) is 1. The van der Waals surface area contributed by atoms with Gasteiger partial charge in [0.2, 0.25) is 0 Å². The number of nitrogen functional groups attached to an aromatic ring is 2. The van der Waals surface area contributed by atoms with Gasteiger partial charge in [0.25, 0.3) is 30.4 Å². The van der Waals surface area contributed by atoms with Crippen molar-refractivity contribution in [3.63, 3.8) is 0 Å². The van der Waals surface area contributed by atoms with Crippen molar-refractivity contribution in [2.75, 3.05) is 11.5 Å². The lowest BCUT2D eigenvalue weighted by atomic mass is 10.1. The molecule has 0 saturated heterocycles. The molecule has 0 aromatic heterocycles. The van der Waals surface area contributed by atoms with E-state index >= 15 is 0 Å². The minimum Gasteiger partial charge on any atom is -0.507 e. The SMILES string of the molecule is Nc1cc(N)c(N=Nc2cc(S(=O)(=O)O)cc3cc(S(=O)(=O)O)c(N=Nc4ccc(-c5ccc(N=Nc6ccc(O)c(C(=O)O)c6)cc5)cc4)c(O)c23)cc1N=Nc1ccc(S(=O)(=O)O)cc1. The number of azo groups is 4. The minimum atomic E-state index is -5.20. The number of anilines is 2. The van der Waals surface area contributed by atoms with Crippen LogP contribution in [0.3, 0.4) is 0 Å². The second-order valence-electron chi connectivity index (χ2n) is 13.9. The van der Waals surface area contributed by atoms with Crippen molar-refractivity contribution in [3.8, 4) is 22.6 Å². The molecule has 7 aromatic carbocycles. The van der Waals surface area contributed by atoms with Crippen LogP contribution in [0.4, 0.5) is 56.9 Å². The van der Waals surface area contributed by atoms with Crippen LogP contribution in [0.15, 0.2) is 177 Å². The Morgan fingerprint density at radius 2 is 0.925 bits per heavy atom. The van der Waals surface area contributed by atoms with Gasteiger partial charge >= 0.3 is 5.97 Å². The van der Waals surface area contributed by atoms with E-state index in [1.54, 1.807) is 36.4 Å². The van der Waals surface area contributed by atoms with Crippen LogP contribution in [0, 0.1) is 0 Å². The van der Waals surface area contributed by atoms with Crippen LogP contribution >= 0.6 is 0 Å². The van der Waals surface area contributed by atoms with Gasteiger partial charge < -0.3 is 26.8 Å². The Balaban J connectivity index is 1.20. The van der Waals surface area contributed by atoms with Crippen LogP contribution in [-0.4, -0.2) is 60.2 Å². The van der Waals surface area contributed by atoms with E-state index in [1.807, 2.05) is 0 Å². The number of fused-ring (bicyclic) bond motifs is 1. The highest BCUT2D eigenvalue weighted by molar-refractivity contribution is 7.86. The molecule has 0 fully saturated rings. The lowest BCUT2D eigenvalue weighted by molar-refractivity contribution is 0.0693. The third-order valence-electron chi connectivity index (χ3n) is 9.35. The molecule has 26 heteroatoms. The normalized spacial score (nSPS) is 12.6. The molecule has 0 radical (unpaired) electrons. The summed E-state index contributed by atoms with van der Waals surface area (Å²) in [4.78, 5) is 9.11. The van der Waals surface area contributed by atoms with Gasteiger partial charge in [-0.25, -0.2) is 4.79 Å². The fourth-order valence-corrected chi connectivity index (χ4v) is 7.74. The van der Waals surface area contributed by atoms with Crippen LogP contribution in [-0.2, 0) is 30.4 Å². The Kier molecular flexibility index (Phi) is 12.7. The maximum absolute atomic E-state index is 12.6. The predicted octanol–water partition coefficient (Wildman–Crippen LogP) is 10.2. The van der Waals surface area contributed by atoms with Crippen LogP contribution in [0.5, 0.6) is 11.5 Å². The van der Waals surface area contributed by atoms with Crippen LogP contribution in [0.1, 0.15) is 10.4 Å². The van der Waals surface area contributed by atoms with Crippen molar-refractivity contribution in [2.24, 2.45) is 40.9 Å². The molecule has 67 heavy (non-hydrogen) atoms. The first kappa shape index (κ1) is 46.6. The van der Waals surface area contributed by atoms with Crippen molar-refractivity contribution >= 4 is 104 Å². The van der Waals surface area contributed by atoms with Crippen molar-refractivity contribution in [1.29, 1.82) is 0 Å². The molecule has 10 N–H and O–H groups in total. The van der Waals surface area contributed by atoms with Gasteiger partial charge in [-0.1, -0.05) is 24.3 Å². The zero-order chi connectivity index (χ0) is 48.4. The molecule has 7 aromatic rings. The maximum Gasteiger partial charge on any atom is 0.339 e. The molecule has 23 nitrogen and oxygen atoms in total. The number of nitrogens with zero attached hydrogens (tertiary/aromatic N) is 8. The van der Waals surface area contributed by atoms with Gasteiger partial charge in [-0.2, -0.15) is 45.7 Å². The maximum atomic E-state index is 12.6. The summed E-state index contributed by atoms with van der Waals surface area (Å²) < 4.78 is 102. The van der Waals surface area contributed by atoms with Gasteiger partial charge in [0.1, 0.15) is 33.3 Å². The van der Waals surface area contributed by atoms with E-state index in [0.29, 0.717) is 11.3 Å². The topological polar surface area (TPSA) is 392 Å². The largest absolute Gasteiger partial charge is 0.507 e. The van der Waals surface area contributed by atoms with Gasteiger partial charge in [-0.05, 0) is 114 Å². The first-order chi connectivity index (χ1) is 31.5. The summed E-state index contributed by atoms with van der Waals surface area (Å²) in [6, 6.07) is 26.3. The molecule has 0 aliphatic rings. The van der Waals surface area contributed by atoms with Gasteiger partial charge in [-0.3, -0.25) is 13.7 Å². The Labute approximate surface area is 378 Å². The van der Waals surface area contributed by atoms with Crippen molar-refractivity contribution in [2.45, 2.75) is 14.7 Å². The first-order valence-electron chi connectivity index (χ1n) is 18.5. The number of benzene rings is 7. The summed E-state index contributed by atoms with van der Waals surface area (Å²) in [5.41, 5.74) is 12.7. The van der Waals surface area contributed by atoms with Crippen LogP contribution < -0.4 is 11.5 Å². The standard InChI is InChI=1S/C41H30N10O13S3/c42-31-19-32(43)34(20-33(31)48-45-26-9-12-28(13-10-26)65(56,57)58)49-50-35-18-29(66(59,60)61)15-23-16-37(67(62,63)64)39(40(53)38(23)35)51-46-25-7-3-22(4-8-25)21-1-5-24(6-2-21)44-47-27-11-14-36(52)30(17-27)41(54)55/h1-20,52-53H,42-43H2,(H,54,55)(H,56,57,58)(H,59,60,61)(H,62,63,64). The van der Waals surface area contributed by atoms with Gasteiger partial charge in [0, 0.05) is 0 Å². The molecular weight excluding hydrogens is 937 g/mol. The quantitative estimate of drug-likeness (QED) is 0.0302. The molecule has 0 spiro atoms. The number of rotatable bonds is 13. The first-order valence-corrected chi connectivity index (χ1v) is 22.9. The van der Waals surface area contributed by atoms with E-state index in [-0.39, 0.29) is 61.0 Å². The number of nitrogens with two attached hydrogens (primary N) is 2. The molecule has 0 heterocycles. The Morgan fingerprint density at radius 3 is 1.45 bits per heavy atom. The molecule has 340 valence electrons. The number of hydrogen-bond donors (Lipinski definition) is 8. The molecule has 0 aliphatic carbocycles. The zero-order valence-corrected chi connectivity index (χ0v) is 36.0. The Morgan fingerprint density at radius 1 is 0.463 bits per heavy atom. The minimum absolute atomic E-state index is 0.00997. The molecular formula is C41H30N10O13S3. The lowest BCUT2D eigenvalue weighted by Gasteiger charge is -2.12.